The van der Waals surface area contributed by atoms with E-state index in [9.17, 15) is 14.4 Å². The SMILES string of the molecule is COC(=O)[C@@H]1CC[C@@H]2[C@H]3CC[C@H]4CC(=O)CC[C@]4(C)[C@@H]3C(=O)C[C@@]21C. The maximum absolute atomic E-state index is 13.3. The molecule has 0 aromatic carbocycles. The molecule has 0 spiro atoms. The standard InChI is InChI=1S/C21H30O4/c1-20-9-8-13(22)10-12(20)4-5-14-15-6-7-16(19(24)25-3)21(15,2)11-17(23)18(14)20/h12,14-16,18H,4-11H2,1-3H3/t12-,14+,15+,16-,18-,20-,21-/m0/s1. The molecule has 4 aliphatic rings. The van der Waals surface area contributed by atoms with Crippen LogP contribution in [0.2, 0.25) is 0 Å². The molecule has 0 radical (unpaired) electrons. The van der Waals surface area contributed by atoms with Crippen LogP contribution >= 0.6 is 0 Å². The Morgan fingerprint density at radius 1 is 1.08 bits per heavy atom. The Labute approximate surface area is 150 Å². The van der Waals surface area contributed by atoms with Crippen LogP contribution in [0.1, 0.15) is 65.2 Å². The third-order valence-electron chi connectivity index (χ3n) is 8.65. The third-order valence-corrected chi connectivity index (χ3v) is 8.65. The number of carbonyl (C=O) groups excluding carboxylic acids is 3. The lowest BCUT2D eigenvalue weighted by Gasteiger charge is -2.59. The summed E-state index contributed by atoms with van der Waals surface area (Å²) >= 11 is 0. The Bertz CT molecular complexity index is 625. The summed E-state index contributed by atoms with van der Waals surface area (Å²) in [5.74, 6) is 1.74. The number of carbonyl (C=O) groups is 3. The lowest BCUT2D eigenvalue weighted by Crippen LogP contribution is -2.57. The van der Waals surface area contributed by atoms with Crippen molar-refractivity contribution in [1.29, 1.82) is 0 Å². The molecule has 4 rings (SSSR count). The molecule has 0 heterocycles. The monoisotopic (exact) mass is 346 g/mol. The molecule has 0 saturated heterocycles. The van der Waals surface area contributed by atoms with Gasteiger partial charge in [0.25, 0.3) is 0 Å². The Morgan fingerprint density at radius 2 is 1.84 bits per heavy atom. The predicted molar refractivity (Wildman–Crippen MR) is 92.6 cm³/mol. The van der Waals surface area contributed by atoms with Crippen molar-refractivity contribution >= 4 is 17.5 Å². The Kier molecular flexibility index (Phi) is 3.90. The van der Waals surface area contributed by atoms with Crippen LogP contribution in [0.15, 0.2) is 0 Å². The van der Waals surface area contributed by atoms with Gasteiger partial charge in [0, 0.05) is 25.2 Å². The molecule has 0 aromatic rings. The number of hydrogen-bond donors (Lipinski definition) is 0. The lowest BCUT2D eigenvalue weighted by atomic mass is 9.44. The topological polar surface area (TPSA) is 60.4 Å². The highest BCUT2D eigenvalue weighted by molar-refractivity contribution is 5.87. The summed E-state index contributed by atoms with van der Waals surface area (Å²) in [6.07, 6.45) is 6.66. The number of rotatable bonds is 1. The van der Waals surface area contributed by atoms with E-state index in [1.54, 1.807) is 0 Å². The van der Waals surface area contributed by atoms with Crippen molar-refractivity contribution in [3.63, 3.8) is 0 Å². The fraction of sp³-hybridized carbons (Fsp3) is 0.857. The fourth-order valence-corrected chi connectivity index (χ4v) is 7.39. The molecule has 0 bridgehead atoms. The molecule has 4 heteroatoms. The highest BCUT2D eigenvalue weighted by Crippen LogP contribution is 2.66. The van der Waals surface area contributed by atoms with E-state index in [4.69, 9.17) is 4.74 Å². The number of fused-ring (bicyclic) bond motifs is 5. The van der Waals surface area contributed by atoms with Gasteiger partial charge in [0.05, 0.1) is 13.0 Å². The second kappa shape index (κ2) is 5.65. The number of hydrogen-bond acceptors (Lipinski definition) is 4. The molecule has 0 aliphatic heterocycles. The molecule has 7 atom stereocenters. The van der Waals surface area contributed by atoms with E-state index in [2.05, 4.69) is 13.8 Å². The fourth-order valence-electron chi connectivity index (χ4n) is 7.39. The number of Topliss-reactive ketones (excluding diaryl/α,β-unsaturated/α-hetero) is 2. The normalized spacial score (nSPS) is 49.2. The summed E-state index contributed by atoms with van der Waals surface area (Å²) in [7, 11) is 1.46. The third kappa shape index (κ3) is 2.28. The maximum Gasteiger partial charge on any atom is 0.309 e. The van der Waals surface area contributed by atoms with Crippen molar-refractivity contribution in [3.8, 4) is 0 Å². The first-order valence-electron chi connectivity index (χ1n) is 9.93. The summed E-state index contributed by atoms with van der Waals surface area (Å²) in [6, 6.07) is 0. The molecule has 4 nitrogen and oxygen atoms in total. The maximum atomic E-state index is 13.3. The van der Waals surface area contributed by atoms with Crippen LogP contribution in [0.25, 0.3) is 0 Å². The largest absolute Gasteiger partial charge is 0.469 e. The summed E-state index contributed by atoms with van der Waals surface area (Å²) in [5, 5.41) is 0. The van der Waals surface area contributed by atoms with Crippen LogP contribution in [0.3, 0.4) is 0 Å². The minimum atomic E-state index is -0.237. The van der Waals surface area contributed by atoms with E-state index in [0.29, 0.717) is 48.6 Å². The minimum Gasteiger partial charge on any atom is -0.469 e. The molecule has 4 saturated carbocycles. The van der Waals surface area contributed by atoms with E-state index < -0.39 is 0 Å². The van der Waals surface area contributed by atoms with Crippen LogP contribution in [0.5, 0.6) is 0 Å². The Hall–Kier alpha value is -1.19. The Morgan fingerprint density at radius 3 is 2.56 bits per heavy atom. The van der Waals surface area contributed by atoms with E-state index >= 15 is 0 Å². The molecule has 0 aromatic heterocycles. The number of esters is 1. The van der Waals surface area contributed by atoms with Gasteiger partial charge in [0.2, 0.25) is 0 Å². The molecule has 4 aliphatic carbocycles. The molecular weight excluding hydrogens is 316 g/mol. The molecule has 138 valence electrons. The van der Waals surface area contributed by atoms with E-state index in [1.165, 1.54) is 7.11 Å². The van der Waals surface area contributed by atoms with Gasteiger partial charge in [-0.05, 0) is 60.7 Å². The summed E-state index contributed by atoms with van der Waals surface area (Å²) in [4.78, 5) is 37.6. The zero-order valence-electron chi connectivity index (χ0n) is 15.7. The number of ether oxygens (including phenoxy) is 1. The van der Waals surface area contributed by atoms with Gasteiger partial charge in [-0.25, -0.2) is 0 Å². The second-order valence-electron chi connectivity index (χ2n) is 9.57. The van der Waals surface area contributed by atoms with Crippen molar-refractivity contribution in [2.24, 2.45) is 40.4 Å². The predicted octanol–water partition coefficient (Wildman–Crippen LogP) is 3.57. The van der Waals surface area contributed by atoms with Gasteiger partial charge in [-0.3, -0.25) is 14.4 Å². The highest BCUT2D eigenvalue weighted by atomic mass is 16.5. The molecule has 0 amide bonds. The van der Waals surface area contributed by atoms with E-state index in [1.807, 2.05) is 0 Å². The van der Waals surface area contributed by atoms with Crippen LogP contribution in [-0.4, -0.2) is 24.6 Å². The zero-order valence-corrected chi connectivity index (χ0v) is 15.7. The van der Waals surface area contributed by atoms with Crippen molar-refractivity contribution in [2.45, 2.75) is 65.2 Å². The first-order valence-corrected chi connectivity index (χ1v) is 9.93. The van der Waals surface area contributed by atoms with Gasteiger partial charge in [-0.15, -0.1) is 0 Å². The van der Waals surface area contributed by atoms with Gasteiger partial charge < -0.3 is 4.74 Å². The van der Waals surface area contributed by atoms with Crippen molar-refractivity contribution in [1.82, 2.24) is 0 Å². The average Bonchev–Trinajstić information content (AvgIpc) is 2.91. The average molecular weight is 346 g/mol. The quantitative estimate of drug-likeness (QED) is 0.681. The molecular formula is C21H30O4. The molecule has 25 heavy (non-hydrogen) atoms. The van der Waals surface area contributed by atoms with Crippen LogP contribution in [0.4, 0.5) is 0 Å². The molecule has 0 N–H and O–H groups in total. The van der Waals surface area contributed by atoms with E-state index in [-0.39, 0.29) is 28.6 Å². The van der Waals surface area contributed by atoms with Gasteiger partial charge in [0.1, 0.15) is 11.6 Å². The summed E-state index contributed by atoms with van der Waals surface area (Å²) in [5.41, 5.74) is -0.252. The first-order chi connectivity index (χ1) is 11.8. The number of methoxy groups -OCH3 is 1. The van der Waals surface area contributed by atoms with Gasteiger partial charge in [0.15, 0.2) is 0 Å². The Balaban J connectivity index is 1.67. The highest BCUT2D eigenvalue weighted by Gasteiger charge is 2.64. The van der Waals surface area contributed by atoms with E-state index in [0.717, 1.165) is 32.1 Å². The minimum absolute atomic E-state index is 0.0153. The lowest BCUT2D eigenvalue weighted by molar-refractivity contribution is -0.165. The van der Waals surface area contributed by atoms with Gasteiger partial charge in [-0.1, -0.05) is 13.8 Å². The van der Waals surface area contributed by atoms with Crippen molar-refractivity contribution in [2.75, 3.05) is 7.11 Å². The summed E-state index contributed by atoms with van der Waals surface area (Å²) in [6.45, 7) is 4.42. The van der Waals surface area contributed by atoms with Gasteiger partial charge >= 0.3 is 5.97 Å². The number of ketones is 2. The van der Waals surface area contributed by atoms with Crippen molar-refractivity contribution in [3.05, 3.63) is 0 Å². The zero-order chi connectivity index (χ0) is 18.0. The van der Waals surface area contributed by atoms with Gasteiger partial charge in [-0.2, -0.15) is 0 Å². The smallest absolute Gasteiger partial charge is 0.309 e. The van der Waals surface area contributed by atoms with Crippen LogP contribution < -0.4 is 0 Å². The van der Waals surface area contributed by atoms with Crippen molar-refractivity contribution < 1.29 is 19.1 Å². The molecule has 0 unspecified atom stereocenters. The summed E-state index contributed by atoms with van der Waals surface area (Å²) < 4.78 is 5.05. The second-order valence-corrected chi connectivity index (χ2v) is 9.57. The van der Waals surface area contributed by atoms with Crippen LogP contribution in [-0.2, 0) is 19.1 Å². The van der Waals surface area contributed by atoms with Crippen LogP contribution in [0, 0.1) is 40.4 Å². The first kappa shape index (κ1) is 17.2. The molecule has 4 fully saturated rings.